The fourth-order valence-electron chi connectivity index (χ4n) is 2.94. The number of hydrogen-bond acceptors (Lipinski definition) is 7. The quantitative estimate of drug-likeness (QED) is 0.422. The number of ether oxygens (including phenoxy) is 1. The molecule has 8 nitrogen and oxygen atoms in total. The first-order valence-electron chi connectivity index (χ1n) is 9.22. The monoisotopic (exact) mass is 414 g/mol. The van der Waals surface area contributed by atoms with E-state index < -0.39 is 11.9 Å². The number of aryl methyl sites for hydroxylation is 2. The highest BCUT2D eigenvalue weighted by Gasteiger charge is 2.21. The number of anilines is 2. The Bertz CT molecular complexity index is 914. The van der Waals surface area contributed by atoms with Crippen molar-refractivity contribution in [3.63, 3.8) is 0 Å². The number of rotatable bonds is 7. The molecule has 9 heteroatoms. The number of nitrogens with one attached hydrogen (secondary N) is 1. The predicted octanol–water partition coefficient (Wildman–Crippen LogP) is 2.49. The van der Waals surface area contributed by atoms with Crippen LogP contribution in [-0.4, -0.2) is 46.7 Å². The summed E-state index contributed by atoms with van der Waals surface area (Å²) in [5.41, 5.74) is 2.93. The van der Waals surface area contributed by atoms with E-state index in [0.717, 1.165) is 35.3 Å². The highest BCUT2D eigenvalue weighted by Crippen LogP contribution is 2.24. The van der Waals surface area contributed by atoms with Gasteiger partial charge in [-0.15, -0.1) is 0 Å². The van der Waals surface area contributed by atoms with Gasteiger partial charge in [-0.05, 0) is 44.5 Å². The molecule has 1 aromatic carbocycles. The third-order valence-electron chi connectivity index (χ3n) is 4.16. The lowest BCUT2D eigenvalue weighted by Crippen LogP contribution is -2.24. The summed E-state index contributed by atoms with van der Waals surface area (Å²) in [6.45, 7) is 4.00. The summed E-state index contributed by atoms with van der Waals surface area (Å²) in [6, 6.07) is 8.89. The summed E-state index contributed by atoms with van der Waals surface area (Å²) in [5.74, 6) is -0.879. The minimum Gasteiger partial charge on any atom is -0.455 e. The molecule has 1 fully saturated rings. The van der Waals surface area contributed by atoms with Gasteiger partial charge in [-0.2, -0.15) is 0 Å². The van der Waals surface area contributed by atoms with Crippen molar-refractivity contribution in [2.45, 2.75) is 31.8 Å². The van der Waals surface area contributed by atoms with E-state index in [9.17, 15) is 14.4 Å². The second kappa shape index (κ2) is 9.51. The smallest absolute Gasteiger partial charge is 0.316 e. The number of nitrogens with zero attached hydrogens (tertiary/aromatic N) is 3. The SMILES string of the molecule is Cc1cc(C)nc(SCC(=O)OCC(=O)Nc2cccc(N3CCCC3=O)c2)n1. The van der Waals surface area contributed by atoms with Crippen LogP contribution in [0.3, 0.4) is 0 Å². The van der Waals surface area contributed by atoms with E-state index in [1.165, 1.54) is 0 Å². The lowest BCUT2D eigenvalue weighted by molar-refractivity contribution is -0.144. The number of hydrogen-bond donors (Lipinski definition) is 1. The minimum atomic E-state index is -0.524. The van der Waals surface area contributed by atoms with Crippen LogP contribution in [0.2, 0.25) is 0 Å². The van der Waals surface area contributed by atoms with Gasteiger partial charge in [0, 0.05) is 35.7 Å². The van der Waals surface area contributed by atoms with Crippen LogP contribution in [0.25, 0.3) is 0 Å². The summed E-state index contributed by atoms with van der Waals surface area (Å²) in [5, 5.41) is 3.18. The Labute approximate surface area is 173 Å². The molecule has 0 aliphatic carbocycles. The van der Waals surface area contributed by atoms with E-state index in [2.05, 4.69) is 15.3 Å². The highest BCUT2D eigenvalue weighted by molar-refractivity contribution is 7.99. The minimum absolute atomic E-state index is 0.0166. The summed E-state index contributed by atoms with van der Waals surface area (Å²) < 4.78 is 5.01. The van der Waals surface area contributed by atoms with Crippen molar-refractivity contribution >= 4 is 40.9 Å². The highest BCUT2D eigenvalue weighted by atomic mass is 32.2. The van der Waals surface area contributed by atoms with E-state index in [1.807, 2.05) is 26.0 Å². The van der Waals surface area contributed by atoms with Gasteiger partial charge < -0.3 is 15.0 Å². The van der Waals surface area contributed by atoms with Crippen molar-refractivity contribution in [3.05, 3.63) is 41.7 Å². The molecule has 2 heterocycles. The standard InChI is InChI=1S/C20H22N4O4S/c1-13-9-14(2)22-20(21-13)29-12-19(27)28-11-17(25)23-15-5-3-6-16(10-15)24-8-4-7-18(24)26/h3,5-6,9-10H,4,7-8,11-12H2,1-2H3,(H,23,25). The van der Waals surface area contributed by atoms with Crippen LogP contribution in [0.1, 0.15) is 24.2 Å². The Morgan fingerprint density at radius 2 is 1.97 bits per heavy atom. The Morgan fingerprint density at radius 3 is 2.66 bits per heavy atom. The maximum Gasteiger partial charge on any atom is 0.316 e. The van der Waals surface area contributed by atoms with Gasteiger partial charge in [0.2, 0.25) is 5.91 Å². The summed E-state index contributed by atoms with van der Waals surface area (Å²) in [6.07, 6.45) is 1.37. The molecule has 0 radical (unpaired) electrons. The largest absolute Gasteiger partial charge is 0.455 e. The fourth-order valence-corrected chi connectivity index (χ4v) is 3.69. The Kier molecular flexibility index (Phi) is 6.82. The lowest BCUT2D eigenvalue weighted by Gasteiger charge is -2.16. The third kappa shape index (κ3) is 6.02. The Balaban J connectivity index is 1.46. The first-order chi connectivity index (χ1) is 13.9. The van der Waals surface area contributed by atoms with Gasteiger partial charge >= 0.3 is 5.97 Å². The molecule has 0 unspecified atom stereocenters. The summed E-state index contributed by atoms with van der Waals surface area (Å²) >= 11 is 1.16. The second-order valence-electron chi connectivity index (χ2n) is 6.63. The molecule has 0 saturated carbocycles. The molecule has 0 atom stereocenters. The number of carbonyl (C=O) groups is 3. The van der Waals surface area contributed by atoms with Crippen molar-refractivity contribution in [2.75, 3.05) is 29.1 Å². The van der Waals surface area contributed by atoms with E-state index in [4.69, 9.17) is 4.74 Å². The first kappa shape index (κ1) is 20.8. The zero-order chi connectivity index (χ0) is 20.8. The number of carbonyl (C=O) groups excluding carboxylic acids is 3. The van der Waals surface area contributed by atoms with E-state index >= 15 is 0 Å². The van der Waals surface area contributed by atoms with Gasteiger partial charge in [-0.25, -0.2) is 9.97 Å². The van der Waals surface area contributed by atoms with E-state index in [0.29, 0.717) is 23.8 Å². The number of esters is 1. The maximum absolute atomic E-state index is 12.1. The van der Waals surface area contributed by atoms with Gasteiger partial charge in [-0.3, -0.25) is 14.4 Å². The van der Waals surface area contributed by atoms with E-state index in [1.54, 1.807) is 23.1 Å². The molecule has 1 N–H and O–H groups in total. The third-order valence-corrected chi connectivity index (χ3v) is 4.98. The molecule has 1 aromatic heterocycles. The van der Waals surface area contributed by atoms with E-state index in [-0.39, 0.29) is 18.3 Å². The zero-order valence-electron chi connectivity index (χ0n) is 16.3. The number of aromatic nitrogens is 2. The Hall–Kier alpha value is -2.94. The number of thioether (sulfide) groups is 1. The predicted molar refractivity (Wildman–Crippen MR) is 110 cm³/mol. The number of benzene rings is 1. The average Bonchev–Trinajstić information content (AvgIpc) is 3.10. The molecular weight excluding hydrogens is 392 g/mol. The van der Waals surface area contributed by atoms with Crippen molar-refractivity contribution < 1.29 is 19.1 Å². The van der Waals surface area contributed by atoms with Crippen molar-refractivity contribution in [1.29, 1.82) is 0 Å². The van der Waals surface area contributed by atoms with Crippen LogP contribution < -0.4 is 10.2 Å². The molecule has 1 saturated heterocycles. The molecule has 0 spiro atoms. The number of amides is 2. The van der Waals surface area contributed by atoms with Crippen LogP contribution in [0.4, 0.5) is 11.4 Å². The molecule has 152 valence electrons. The normalized spacial score (nSPS) is 13.4. The van der Waals surface area contributed by atoms with Gasteiger partial charge in [0.15, 0.2) is 11.8 Å². The van der Waals surface area contributed by atoms with Crippen LogP contribution in [0.15, 0.2) is 35.5 Å². The van der Waals surface area contributed by atoms with Crippen molar-refractivity contribution in [2.24, 2.45) is 0 Å². The van der Waals surface area contributed by atoms with Crippen LogP contribution in [0, 0.1) is 13.8 Å². The zero-order valence-corrected chi connectivity index (χ0v) is 17.1. The summed E-state index contributed by atoms with van der Waals surface area (Å²) in [4.78, 5) is 46.0. The van der Waals surface area contributed by atoms with Crippen LogP contribution >= 0.6 is 11.8 Å². The van der Waals surface area contributed by atoms with Crippen LogP contribution in [0.5, 0.6) is 0 Å². The van der Waals surface area contributed by atoms with Gasteiger partial charge in [0.1, 0.15) is 0 Å². The molecule has 0 bridgehead atoms. The molecule has 29 heavy (non-hydrogen) atoms. The van der Waals surface area contributed by atoms with Gasteiger partial charge in [0.25, 0.3) is 5.91 Å². The van der Waals surface area contributed by atoms with Crippen molar-refractivity contribution in [3.8, 4) is 0 Å². The van der Waals surface area contributed by atoms with Gasteiger partial charge in [-0.1, -0.05) is 17.8 Å². The van der Waals surface area contributed by atoms with Gasteiger partial charge in [0.05, 0.1) is 5.75 Å². The average molecular weight is 414 g/mol. The maximum atomic E-state index is 12.1. The molecular formula is C20H22N4O4S. The Morgan fingerprint density at radius 1 is 1.21 bits per heavy atom. The first-order valence-corrected chi connectivity index (χ1v) is 10.2. The lowest BCUT2D eigenvalue weighted by atomic mass is 10.2. The fraction of sp³-hybridized carbons (Fsp3) is 0.350. The van der Waals surface area contributed by atoms with Crippen molar-refractivity contribution in [1.82, 2.24) is 9.97 Å². The topological polar surface area (TPSA) is 101 Å². The molecule has 2 aromatic rings. The second-order valence-corrected chi connectivity index (χ2v) is 7.57. The molecule has 1 aliphatic rings. The molecule has 1 aliphatic heterocycles. The summed E-state index contributed by atoms with van der Waals surface area (Å²) in [7, 11) is 0. The van der Waals surface area contributed by atoms with Crippen LogP contribution in [-0.2, 0) is 19.1 Å². The molecule has 3 rings (SSSR count). The molecule has 2 amide bonds.